The first-order chi connectivity index (χ1) is 62.8. The zero-order valence-electron chi connectivity index (χ0n) is 68.7. The summed E-state index contributed by atoms with van der Waals surface area (Å²) in [5.74, 6) is 0. The molecule has 4 nitrogen and oxygen atoms in total. The van der Waals surface area contributed by atoms with Crippen molar-refractivity contribution in [1.82, 2.24) is 0 Å². The van der Waals surface area contributed by atoms with E-state index in [0.717, 1.165) is 105 Å². The molecule has 7 heteroatoms. The molecule has 0 amide bonds. The Kier molecular flexibility index (Phi) is 18.8. The normalized spacial score (nSPS) is 11.7. The molecule has 22 aromatic carbocycles. The summed E-state index contributed by atoms with van der Waals surface area (Å²) >= 11 is 7.41. The van der Waals surface area contributed by atoms with E-state index in [-0.39, 0.29) is 0 Å². The fourth-order valence-corrected chi connectivity index (χ4v) is 21.8. The van der Waals surface area contributed by atoms with Crippen molar-refractivity contribution >= 4 is 216 Å². The van der Waals surface area contributed by atoms with Crippen molar-refractivity contribution in [2.24, 2.45) is 0 Å². The molecular formula is C120H75BrN2O2S2. The number of hydrogen-bond acceptors (Lipinski definition) is 6. The van der Waals surface area contributed by atoms with E-state index in [9.17, 15) is 0 Å². The average Bonchev–Trinajstić information content (AvgIpc) is 1.61. The number of hydrogen-bond donors (Lipinski definition) is 1. The molecule has 1 N–H and O–H groups in total. The first kappa shape index (κ1) is 75.3. The number of thiophene rings is 2. The van der Waals surface area contributed by atoms with E-state index in [1.165, 1.54) is 144 Å². The summed E-state index contributed by atoms with van der Waals surface area (Å²) in [6.07, 6.45) is 0. The minimum Gasteiger partial charge on any atom is -0.455 e. The van der Waals surface area contributed by atoms with Crippen LogP contribution in [0.4, 0.5) is 28.4 Å². The molecular weight excluding hydrogens is 1650 g/mol. The summed E-state index contributed by atoms with van der Waals surface area (Å²) in [6.45, 7) is 0. The second kappa shape index (κ2) is 31.7. The highest BCUT2D eigenvalue weighted by Gasteiger charge is 2.23. The standard InChI is InChI=1S/C60H37NOS.C36H25NO.C24H13BrS/c1-3-14-38(15-4-1)40-18-11-19-41(32-40)42-20-12-21-43(33-42)61(45-29-31-57-55(35-45)51-26-13-25-46(60(51)62-57)39-16-5-2-6-17-39)44-28-30-49-52(34-44)47-22-7-8-23-48(47)53-36-56-50-24-9-10-27-58(50)63-59(56)37-54(49)53;1-3-10-25(11-4-1)27-14-7-15-28(22-27)29-16-8-17-30(23-29)37-31-20-21-35-34(24-31)33-19-9-18-32(36(33)38-35)26-12-5-2-6-13-26;25-14-9-10-17-19(11-14)15-5-1-2-6-16(15)20-12-22-18-7-3-4-8-23(18)26-24(22)13-21(17)20/h1-37H;1-24,37H;1-13H. The minimum absolute atomic E-state index is 0.868. The third kappa shape index (κ3) is 13.7. The van der Waals surface area contributed by atoms with Crippen molar-refractivity contribution in [2.45, 2.75) is 0 Å². The van der Waals surface area contributed by atoms with Crippen molar-refractivity contribution in [2.75, 3.05) is 10.2 Å². The predicted molar refractivity (Wildman–Crippen MR) is 549 cm³/mol. The summed E-state index contributed by atoms with van der Waals surface area (Å²) < 4.78 is 19.5. The Labute approximate surface area is 749 Å². The molecule has 26 aromatic rings. The Bertz CT molecular complexity index is 8840. The first-order valence-corrected chi connectivity index (χ1v) is 45.4. The minimum atomic E-state index is 0.868. The van der Waals surface area contributed by atoms with Gasteiger partial charge in [0.05, 0.1) is 0 Å². The van der Waals surface area contributed by atoms with Gasteiger partial charge in [0.2, 0.25) is 0 Å². The Hall–Kier alpha value is -15.5. The van der Waals surface area contributed by atoms with Gasteiger partial charge in [-0.1, -0.05) is 331 Å². The van der Waals surface area contributed by atoms with E-state index < -0.39 is 0 Å². The molecule has 0 aliphatic rings. The molecule has 0 fully saturated rings. The van der Waals surface area contributed by atoms with Crippen molar-refractivity contribution < 1.29 is 8.83 Å². The zero-order chi connectivity index (χ0) is 84.0. The van der Waals surface area contributed by atoms with Gasteiger partial charge in [-0.05, 0) is 254 Å². The second-order valence-corrected chi connectivity index (χ2v) is 35.8. The highest BCUT2D eigenvalue weighted by Crippen LogP contribution is 2.49. The van der Waals surface area contributed by atoms with Gasteiger partial charge in [0.25, 0.3) is 0 Å². The van der Waals surface area contributed by atoms with Gasteiger partial charge < -0.3 is 19.1 Å². The summed E-state index contributed by atoms with van der Waals surface area (Å²) in [5, 5.41) is 28.9. The van der Waals surface area contributed by atoms with E-state index in [1.54, 1.807) is 0 Å². The number of fused-ring (bicyclic) bond motifs is 24. The lowest BCUT2D eigenvalue weighted by molar-refractivity contribution is 0.669. The molecule has 0 saturated carbocycles. The maximum atomic E-state index is 6.69. The lowest BCUT2D eigenvalue weighted by Crippen LogP contribution is -2.10. The van der Waals surface area contributed by atoms with Gasteiger partial charge >= 0.3 is 0 Å². The average molecular weight is 1720 g/mol. The van der Waals surface area contributed by atoms with Gasteiger partial charge in [0, 0.05) is 106 Å². The topological polar surface area (TPSA) is 41.6 Å². The molecule has 0 atom stereocenters. The highest BCUT2D eigenvalue weighted by atomic mass is 79.9. The summed E-state index contributed by atoms with van der Waals surface area (Å²) in [4.78, 5) is 2.41. The molecule has 4 aromatic heterocycles. The Morgan fingerprint density at radius 1 is 0.189 bits per heavy atom. The van der Waals surface area contributed by atoms with Crippen LogP contribution in [0.1, 0.15) is 0 Å². The number of para-hydroxylation sites is 2. The quantitative estimate of drug-likeness (QED) is 0.131. The number of anilines is 5. The van der Waals surface area contributed by atoms with Crippen LogP contribution in [0, 0.1) is 0 Å². The molecule has 4 heterocycles. The molecule has 0 unspecified atom stereocenters. The molecule has 0 spiro atoms. The van der Waals surface area contributed by atoms with Gasteiger partial charge in [-0.15, -0.1) is 22.7 Å². The van der Waals surface area contributed by atoms with Crippen LogP contribution in [0.25, 0.3) is 216 Å². The first-order valence-electron chi connectivity index (χ1n) is 43.0. The zero-order valence-corrected chi connectivity index (χ0v) is 71.9. The monoisotopic (exact) mass is 1720 g/mol. The number of rotatable bonds is 11. The molecule has 596 valence electrons. The van der Waals surface area contributed by atoms with Crippen LogP contribution in [-0.4, -0.2) is 0 Å². The third-order valence-corrected chi connectivity index (χ3v) is 27.9. The van der Waals surface area contributed by atoms with E-state index in [1.807, 2.05) is 34.8 Å². The maximum absolute atomic E-state index is 6.69. The number of furan rings is 2. The summed E-state index contributed by atoms with van der Waals surface area (Å²) in [7, 11) is 0. The van der Waals surface area contributed by atoms with E-state index in [0.29, 0.717) is 0 Å². The number of nitrogens with zero attached hydrogens (tertiary/aromatic N) is 1. The van der Waals surface area contributed by atoms with Crippen molar-refractivity contribution in [3.05, 3.63) is 453 Å². The highest BCUT2D eigenvalue weighted by molar-refractivity contribution is 9.10. The maximum Gasteiger partial charge on any atom is 0.143 e. The Morgan fingerprint density at radius 2 is 0.528 bits per heavy atom. The van der Waals surface area contributed by atoms with Crippen molar-refractivity contribution in [1.29, 1.82) is 0 Å². The Morgan fingerprint density at radius 3 is 1.05 bits per heavy atom. The molecule has 0 aliphatic heterocycles. The van der Waals surface area contributed by atoms with Crippen LogP contribution in [0.3, 0.4) is 0 Å². The molecule has 0 bridgehead atoms. The fourth-order valence-electron chi connectivity index (χ4n) is 19.2. The number of benzene rings is 22. The third-order valence-electron chi connectivity index (χ3n) is 25.1. The van der Waals surface area contributed by atoms with Gasteiger partial charge in [0.1, 0.15) is 22.3 Å². The Balaban J connectivity index is 0.000000118. The molecule has 0 saturated heterocycles. The molecule has 26 rings (SSSR count). The van der Waals surface area contributed by atoms with E-state index in [2.05, 4.69) is 463 Å². The van der Waals surface area contributed by atoms with Crippen LogP contribution in [0.2, 0.25) is 0 Å². The van der Waals surface area contributed by atoms with Crippen LogP contribution in [0.5, 0.6) is 0 Å². The van der Waals surface area contributed by atoms with E-state index in [4.69, 9.17) is 8.83 Å². The molecule has 127 heavy (non-hydrogen) atoms. The van der Waals surface area contributed by atoms with Crippen molar-refractivity contribution in [3.63, 3.8) is 0 Å². The smallest absolute Gasteiger partial charge is 0.143 e. The van der Waals surface area contributed by atoms with Crippen LogP contribution < -0.4 is 10.2 Å². The summed E-state index contributed by atoms with van der Waals surface area (Å²) in [5.41, 5.74) is 22.9. The van der Waals surface area contributed by atoms with Crippen molar-refractivity contribution in [3.8, 4) is 66.8 Å². The fraction of sp³-hybridized carbons (Fsp3) is 0. The lowest BCUT2D eigenvalue weighted by atomic mass is 9.92. The summed E-state index contributed by atoms with van der Waals surface area (Å²) in [6, 6.07) is 161. The van der Waals surface area contributed by atoms with E-state index >= 15 is 0 Å². The van der Waals surface area contributed by atoms with Crippen LogP contribution in [0.15, 0.2) is 462 Å². The molecule has 0 aliphatic carbocycles. The number of halogens is 1. The predicted octanol–water partition coefficient (Wildman–Crippen LogP) is 36.5. The second-order valence-electron chi connectivity index (χ2n) is 32.7. The number of nitrogens with one attached hydrogen (secondary N) is 1. The van der Waals surface area contributed by atoms with Gasteiger partial charge in [-0.2, -0.15) is 0 Å². The van der Waals surface area contributed by atoms with Gasteiger partial charge in [0.15, 0.2) is 0 Å². The van der Waals surface area contributed by atoms with Gasteiger partial charge in [-0.25, -0.2) is 0 Å². The van der Waals surface area contributed by atoms with Gasteiger partial charge in [-0.3, -0.25) is 0 Å². The lowest BCUT2D eigenvalue weighted by Gasteiger charge is -2.27. The van der Waals surface area contributed by atoms with Crippen LogP contribution >= 0.6 is 38.6 Å². The largest absolute Gasteiger partial charge is 0.455 e. The molecule has 0 radical (unpaired) electrons. The van der Waals surface area contributed by atoms with Crippen LogP contribution in [-0.2, 0) is 0 Å². The SMILES string of the molecule is Brc1ccc2c(c1)c1ccccc1c1cc3c(cc21)sc1ccccc13.c1ccc(-c2cccc(-c3cccc(N(c4ccc5oc6c(-c7ccccc7)cccc6c5c4)c4ccc5c(c4)c4ccccc4c4cc6c(cc54)sc4ccccc46)c3)c2)cc1.c1ccc(-c2cccc(-c3cccc(Nc4ccc5oc6c(-c7ccccc7)cccc6c5c4)c3)c2)cc1.